The molecule has 78 valence electrons. The van der Waals surface area contributed by atoms with Gasteiger partial charge in [-0.2, -0.15) is 0 Å². The Labute approximate surface area is 96.4 Å². The highest BCUT2D eigenvalue weighted by Gasteiger charge is 2.03. The van der Waals surface area contributed by atoms with Gasteiger partial charge >= 0.3 is 0 Å². The zero-order chi connectivity index (χ0) is 10.4. The fourth-order valence-electron chi connectivity index (χ4n) is 1.21. The Morgan fingerprint density at radius 1 is 1.36 bits per heavy atom. The van der Waals surface area contributed by atoms with E-state index >= 15 is 0 Å². The molecule has 1 aromatic carbocycles. The number of nitrogens with zero attached hydrogens (tertiary/aromatic N) is 1. The SMILES string of the molecule is CCCN(CC)Sc1cccc(S)c1. The minimum absolute atomic E-state index is 1.03. The standard InChI is InChI=1S/C11H17NS2/c1-3-8-12(4-2)14-11-7-5-6-10(13)9-11/h5-7,9,13H,3-4,8H2,1-2H3. The number of hydrogen-bond acceptors (Lipinski definition) is 3. The third-order valence-electron chi connectivity index (χ3n) is 1.88. The van der Waals surface area contributed by atoms with Crippen molar-refractivity contribution in [3.8, 4) is 0 Å². The fraction of sp³-hybridized carbons (Fsp3) is 0.455. The molecule has 0 amide bonds. The molecule has 0 aliphatic rings. The summed E-state index contributed by atoms with van der Waals surface area (Å²) in [5.74, 6) is 0. The topological polar surface area (TPSA) is 3.24 Å². The van der Waals surface area contributed by atoms with Crippen LogP contribution in [-0.4, -0.2) is 17.4 Å². The lowest BCUT2D eigenvalue weighted by molar-refractivity contribution is 0.493. The maximum absolute atomic E-state index is 4.33. The van der Waals surface area contributed by atoms with Gasteiger partial charge in [0.05, 0.1) is 0 Å². The molecule has 1 nitrogen and oxygen atoms in total. The van der Waals surface area contributed by atoms with E-state index in [1.807, 2.05) is 24.1 Å². The summed E-state index contributed by atoms with van der Waals surface area (Å²) in [6, 6.07) is 8.28. The largest absolute Gasteiger partial charge is 0.247 e. The van der Waals surface area contributed by atoms with Crippen molar-refractivity contribution >= 4 is 24.6 Å². The van der Waals surface area contributed by atoms with Crippen LogP contribution in [-0.2, 0) is 0 Å². The minimum atomic E-state index is 1.03. The van der Waals surface area contributed by atoms with Gasteiger partial charge in [-0.05, 0) is 36.6 Å². The summed E-state index contributed by atoms with van der Waals surface area (Å²) >= 11 is 6.14. The zero-order valence-corrected chi connectivity index (χ0v) is 10.4. The lowest BCUT2D eigenvalue weighted by Crippen LogP contribution is -2.15. The van der Waals surface area contributed by atoms with Gasteiger partial charge in [0, 0.05) is 22.9 Å². The molecule has 0 fully saturated rings. The van der Waals surface area contributed by atoms with Crippen LogP contribution in [0.4, 0.5) is 0 Å². The van der Waals surface area contributed by atoms with E-state index in [4.69, 9.17) is 0 Å². The van der Waals surface area contributed by atoms with E-state index in [1.54, 1.807) is 0 Å². The first-order chi connectivity index (χ1) is 6.76. The summed E-state index contributed by atoms with van der Waals surface area (Å²) < 4.78 is 2.36. The second-order valence-corrected chi connectivity index (χ2v) is 4.80. The van der Waals surface area contributed by atoms with Crippen LogP contribution in [0, 0.1) is 0 Å². The first kappa shape index (κ1) is 12.0. The van der Waals surface area contributed by atoms with Gasteiger partial charge in [0.1, 0.15) is 0 Å². The third-order valence-corrected chi connectivity index (χ3v) is 3.32. The van der Waals surface area contributed by atoms with Crippen molar-refractivity contribution in [1.82, 2.24) is 4.31 Å². The average Bonchev–Trinajstić information content (AvgIpc) is 2.17. The number of thiol groups is 1. The first-order valence-electron chi connectivity index (χ1n) is 4.98. The summed E-state index contributed by atoms with van der Waals surface area (Å²) in [4.78, 5) is 2.30. The maximum atomic E-state index is 4.33. The molecule has 0 saturated heterocycles. The van der Waals surface area contributed by atoms with Gasteiger partial charge in [0.25, 0.3) is 0 Å². The fourth-order valence-corrected chi connectivity index (χ4v) is 2.54. The van der Waals surface area contributed by atoms with Crippen molar-refractivity contribution < 1.29 is 0 Å². The van der Waals surface area contributed by atoms with Gasteiger partial charge in [-0.3, -0.25) is 0 Å². The highest BCUT2D eigenvalue weighted by atomic mass is 32.2. The van der Waals surface area contributed by atoms with E-state index in [9.17, 15) is 0 Å². The van der Waals surface area contributed by atoms with Gasteiger partial charge in [-0.25, -0.2) is 4.31 Å². The van der Waals surface area contributed by atoms with Crippen LogP contribution in [0.2, 0.25) is 0 Å². The van der Waals surface area contributed by atoms with E-state index in [2.05, 4.69) is 42.9 Å². The molecule has 0 bridgehead atoms. The highest BCUT2D eigenvalue weighted by molar-refractivity contribution is 7.97. The predicted octanol–water partition coefficient (Wildman–Crippen LogP) is 3.71. The third kappa shape index (κ3) is 3.95. The van der Waals surface area contributed by atoms with Crippen LogP contribution in [0.5, 0.6) is 0 Å². The molecular weight excluding hydrogens is 210 g/mol. The molecule has 0 unspecified atom stereocenters. The number of rotatable bonds is 5. The van der Waals surface area contributed by atoms with E-state index < -0.39 is 0 Å². The minimum Gasteiger partial charge on any atom is -0.247 e. The molecule has 0 atom stereocenters. The molecule has 1 aromatic rings. The van der Waals surface area contributed by atoms with Crippen molar-refractivity contribution in [2.75, 3.05) is 13.1 Å². The molecule has 0 radical (unpaired) electrons. The lowest BCUT2D eigenvalue weighted by Gasteiger charge is -2.17. The van der Waals surface area contributed by atoms with E-state index in [1.165, 1.54) is 11.3 Å². The normalized spacial score (nSPS) is 10.9. The second-order valence-electron chi connectivity index (χ2n) is 3.11. The molecular formula is C11H17NS2. The molecule has 14 heavy (non-hydrogen) atoms. The second kappa shape index (κ2) is 6.38. The van der Waals surface area contributed by atoms with Crippen molar-refractivity contribution in [2.24, 2.45) is 0 Å². The van der Waals surface area contributed by atoms with E-state index in [0.717, 1.165) is 18.0 Å². The Kier molecular flexibility index (Phi) is 5.45. The Balaban J connectivity index is 2.57. The van der Waals surface area contributed by atoms with Crippen molar-refractivity contribution in [3.05, 3.63) is 24.3 Å². The quantitative estimate of drug-likeness (QED) is 0.603. The molecule has 1 rings (SSSR count). The molecule has 0 N–H and O–H groups in total. The lowest BCUT2D eigenvalue weighted by atomic mass is 10.4. The average molecular weight is 227 g/mol. The molecule has 0 saturated carbocycles. The molecule has 0 aromatic heterocycles. The van der Waals surface area contributed by atoms with E-state index in [-0.39, 0.29) is 0 Å². The summed E-state index contributed by atoms with van der Waals surface area (Å²) in [6.07, 6.45) is 1.20. The van der Waals surface area contributed by atoms with Gasteiger partial charge < -0.3 is 0 Å². The van der Waals surface area contributed by atoms with Crippen LogP contribution in [0.1, 0.15) is 20.3 Å². The van der Waals surface area contributed by atoms with Crippen molar-refractivity contribution in [2.45, 2.75) is 30.1 Å². The monoisotopic (exact) mass is 227 g/mol. The summed E-state index contributed by atoms with van der Waals surface area (Å²) in [7, 11) is 0. The molecule has 0 heterocycles. The van der Waals surface area contributed by atoms with Crippen molar-refractivity contribution in [1.29, 1.82) is 0 Å². The maximum Gasteiger partial charge on any atom is 0.0241 e. The Morgan fingerprint density at radius 3 is 2.71 bits per heavy atom. The molecule has 3 heteroatoms. The van der Waals surface area contributed by atoms with Crippen molar-refractivity contribution in [3.63, 3.8) is 0 Å². The number of benzene rings is 1. The first-order valence-corrected chi connectivity index (χ1v) is 6.20. The van der Waals surface area contributed by atoms with Gasteiger partial charge in [-0.1, -0.05) is 19.9 Å². The Bertz CT molecular complexity index is 276. The van der Waals surface area contributed by atoms with Crippen LogP contribution >= 0.6 is 24.6 Å². The van der Waals surface area contributed by atoms with Crippen LogP contribution in [0.3, 0.4) is 0 Å². The number of hydrogen-bond donors (Lipinski definition) is 1. The zero-order valence-electron chi connectivity index (χ0n) is 8.73. The predicted molar refractivity (Wildman–Crippen MR) is 67.1 cm³/mol. The van der Waals surface area contributed by atoms with Crippen LogP contribution in [0.25, 0.3) is 0 Å². The Hall–Kier alpha value is -0.120. The van der Waals surface area contributed by atoms with Gasteiger partial charge in [0.2, 0.25) is 0 Å². The highest BCUT2D eigenvalue weighted by Crippen LogP contribution is 2.24. The van der Waals surface area contributed by atoms with Gasteiger partial charge in [0.15, 0.2) is 0 Å². The van der Waals surface area contributed by atoms with Crippen LogP contribution in [0.15, 0.2) is 34.1 Å². The molecule has 0 spiro atoms. The van der Waals surface area contributed by atoms with Crippen LogP contribution < -0.4 is 0 Å². The summed E-state index contributed by atoms with van der Waals surface area (Å²) in [6.45, 7) is 6.61. The van der Waals surface area contributed by atoms with Gasteiger partial charge in [-0.15, -0.1) is 12.6 Å². The Morgan fingerprint density at radius 2 is 2.14 bits per heavy atom. The summed E-state index contributed by atoms with van der Waals surface area (Å²) in [5.41, 5.74) is 0. The molecule has 0 aliphatic carbocycles. The van der Waals surface area contributed by atoms with E-state index in [0.29, 0.717) is 0 Å². The smallest absolute Gasteiger partial charge is 0.0241 e. The molecule has 0 aliphatic heterocycles. The summed E-state index contributed by atoms with van der Waals surface area (Å²) in [5, 5.41) is 0.